The van der Waals surface area contributed by atoms with E-state index in [-0.39, 0.29) is 10.9 Å². The lowest BCUT2D eigenvalue weighted by molar-refractivity contribution is -0.122. The van der Waals surface area contributed by atoms with Crippen molar-refractivity contribution in [1.82, 2.24) is 20.2 Å². The Kier molecular flexibility index (Phi) is 5.16. The number of nitrogens with zero attached hydrogens (tertiary/aromatic N) is 4. The number of halogens is 2. The van der Waals surface area contributed by atoms with Crippen molar-refractivity contribution in [3.63, 3.8) is 0 Å². The number of rotatable bonds is 5. The highest BCUT2D eigenvalue weighted by atomic mass is 35.5. The summed E-state index contributed by atoms with van der Waals surface area (Å²) < 4.78 is 7.18. The molecule has 0 radical (unpaired) electrons. The van der Waals surface area contributed by atoms with Crippen LogP contribution >= 0.6 is 23.2 Å². The van der Waals surface area contributed by atoms with E-state index in [0.717, 1.165) is 0 Å². The number of hydrogen-bond acceptors (Lipinski definition) is 5. The molecule has 3 rings (SSSR count). The number of nitrogens with one attached hydrogen (secondary N) is 1. The first-order valence-electron chi connectivity index (χ1n) is 7.29. The van der Waals surface area contributed by atoms with Crippen LogP contribution in [0.25, 0.3) is 5.69 Å². The zero-order chi connectivity index (χ0) is 17.8. The Morgan fingerprint density at radius 1 is 1.24 bits per heavy atom. The lowest BCUT2D eigenvalue weighted by Crippen LogP contribution is -2.30. The van der Waals surface area contributed by atoms with Crippen molar-refractivity contribution < 1.29 is 9.53 Å². The highest BCUT2D eigenvalue weighted by Gasteiger charge is 2.17. The van der Waals surface area contributed by atoms with E-state index in [1.807, 2.05) is 6.07 Å². The van der Waals surface area contributed by atoms with E-state index < -0.39 is 6.10 Å². The second-order valence-corrected chi connectivity index (χ2v) is 5.89. The minimum atomic E-state index is -0.751. The normalized spacial score (nSPS) is 11.8. The van der Waals surface area contributed by atoms with E-state index in [0.29, 0.717) is 22.1 Å². The fraction of sp³-hybridized carbons (Fsp3) is 0.125. The van der Waals surface area contributed by atoms with Crippen molar-refractivity contribution >= 4 is 34.8 Å². The summed E-state index contributed by atoms with van der Waals surface area (Å²) in [5, 5.41) is 14.3. The summed E-state index contributed by atoms with van der Waals surface area (Å²) in [5.41, 5.74) is 1.14. The molecule has 0 bridgehead atoms. The monoisotopic (exact) mass is 377 g/mol. The van der Waals surface area contributed by atoms with Crippen molar-refractivity contribution in [1.29, 1.82) is 0 Å². The van der Waals surface area contributed by atoms with Gasteiger partial charge in [0, 0.05) is 6.07 Å². The third-order valence-electron chi connectivity index (χ3n) is 3.32. The molecule has 7 nitrogen and oxygen atoms in total. The average molecular weight is 378 g/mol. The highest BCUT2D eigenvalue weighted by molar-refractivity contribution is 6.44. The van der Waals surface area contributed by atoms with Crippen LogP contribution in [0.3, 0.4) is 0 Å². The smallest absolute Gasteiger partial charge is 0.265 e. The summed E-state index contributed by atoms with van der Waals surface area (Å²) in [6.45, 7) is 1.64. The van der Waals surface area contributed by atoms with Gasteiger partial charge in [0.15, 0.2) is 6.10 Å². The molecule has 128 valence electrons. The van der Waals surface area contributed by atoms with Crippen LogP contribution in [0.5, 0.6) is 5.75 Å². The van der Waals surface area contributed by atoms with E-state index in [2.05, 4.69) is 20.8 Å². The number of carbonyl (C=O) groups excluding carboxylic acids is 1. The fourth-order valence-electron chi connectivity index (χ4n) is 2.07. The van der Waals surface area contributed by atoms with Gasteiger partial charge < -0.3 is 10.1 Å². The standard InChI is InChI=1S/C16H13Cl2N5O2/c1-10(16(24)20-14-7-3-6-13(17)15(14)18)25-12-5-2-4-11(8-12)23-9-19-21-22-23/h2-10H,1H3,(H,20,24). The number of amides is 1. The molecule has 9 heteroatoms. The molecule has 1 unspecified atom stereocenters. The predicted molar refractivity (Wildman–Crippen MR) is 94.3 cm³/mol. The van der Waals surface area contributed by atoms with Gasteiger partial charge in [0.1, 0.15) is 12.1 Å². The molecule has 0 fully saturated rings. The van der Waals surface area contributed by atoms with Crippen molar-refractivity contribution in [3.8, 4) is 11.4 Å². The van der Waals surface area contributed by atoms with Crippen LogP contribution < -0.4 is 10.1 Å². The molecular formula is C16H13Cl2N5O2. The SMILES string of the molecule is CC(Oc1cccc(-n2cnnn2)c1)C(=O)Nc1cccc(Cl)c1Cl. The number of carbonyl (C=O) groups is 1. The molecule has 0 aliphatic carbocycles. The second-order valence-electron chi connectivity index (χ2n) is 5.10. The van der Waals surface area contributed by atoms with Crippen molar-refractivity contribution in [2.45, 2.75) is 13.0 Å². The Hall–Kier alpha value is -2.64. The van der Waals surface area contributed by atoms with Crippen LogP contribution in [0.15, 0.2) is 48.8 Å². The molecule has 25 heavy (non-hydrogen) atoms. The van der Waals surface area contributed by atoms with E-state index in [4.69, 9.17) is 27.9 Å². The second kappa shape index (κ2) is 7.50. The number of benzene rings is 2. The van der Waals surface area contributed by atoms with E-state index >= 15 is 0 Å². The van der Waals surface area contributed by atoms with Gasteiger partial charge in [-0.1, -0.05) is 35.3 Å². The summed E-state index contributed by atoms with van der Waals surface area (Å²) in [4.78, 5) is 12.3. The van der Waals surface area contributed by atoms with Crippen molar-refractivity contribution in [3.05, 3.63) is 58.8 Å². The Labute approximate surface area is 153 Å². The van der Waals surface area contributed by atoms with Crippen LogP contribution in [0, 0.1) is 0 Å². The molecular weight excluding hydrogens is 365 g/mol. The van der Waals surface area contributed by atoms with Crippen molar-refractivity contribution in [2.75, 3.05) is 5.32 Å². The zero-order valence-electron chi connectivity index (χ0n) is 13.1. The lowest BCUT2D eigenvalue weighted by Gasteiger charge is -2.16. The zero-order valence-corrected chi connectivity index (χ0v) is 14.6. The Morgan fingerprint density at radius 2 is 2.04 bits per heavy atom. The molecule has 1 heterocycles. The summed E-state index contributed by atoms with van der Waals surface area (Å²) in [6.07, 6.45) is 0.718. The summed E-state index contributed by atoms with van der Waals surface area (Å²) in [7, 11) is 0. The highest BCUT2D eigenvalue weighted by Crippen LogP contribution is 2.29. The molecule has 2 aromatic carbocycles. The first-order chi connectivity index (χ1) is 12.0. The molecule has 1 N–H and O–H groups in total. The topological polar surface area (TPSA) is 81.9 Å². The first kappa shape index (κ1) is 17.2. The third kappa shape index (κ3) is 4.07. The van der Waals surface area contributed by atoms with Gasteiger partial charge in [0.25, 0.3) is 5.91 Å². The molecule has 0 spiro atoms. The lowest BCUT2D eigenvalue weighted by atomic mass is 10.2. The molecule has 3 aromatic rings. The van der Waals surface area contributed by atoms with Gasteiger partial charge >= 0.3 is 0 Å². The van der Waals surface area contributed by atoms with E-state index in [1.54, 1.807) is 43.3 Å². The van der Waals surface area contributed by atoms with Crippen LogP contribution in [0.2, 0.25) is 10.0 Å². The number of aromatic nitrogens is 4. The summed E-state index contributed by atoms with van der Waals surface area (Å²) >= 11 is 12.0. The summed E-state index contributed by atoms with van der Waals surface area (Å²) in [5.74, 6) is 0.157. The maximum absolute atomic E-state index is 12.3. The predicted octanol–water partition coefficient (Wildman–Crippen LogP) is 3.38. The molecule has 1 amide bonds. The molecule has 1 aromatic heterocycles. The molecule has 0 aliphatic rings. The van der Waals surface area contributed by atoms with Gasteiger partial charge in [-0.3, -0.25) is 4.79 Å². The maximum Gasteiger partial charge on any atom is 0.265 e. The number of anilines is 1. The van der Waals surface area contributed by atoms with Gasteiger partial charge in [-0.05, 0) is 41.6 Å². The Bertz CT molecular complexity index is 886. The fourth-order valence-corrected chi connectivity index (χ4v) is 2.42. The van der Waals surface area contributed by atoms with Gasteiger partial charge in [-0.25, -0.2) is 4.68 Å². The number of tetrazole rings is 1. The largest absolute Gasteiger partial charge is 0.481 e. The Morgan fingerprint density at radius 3 is 2.80 bits per heavy atom. The van der Waals surface area contributed by atoms with Gasteiger partial charge in [-0.15, -0.1) is 5.10 Å². The van der Waals surface area contributed by atoms with Crippen LogP contribution in [0.1, 0.15) is 6.92 Å². The van der Waals surface area contributed by atoms with Gasteiger partial charge in [-0.2, -0.15) is 0 Å². The van der Waals surface area contributed by atoms with Gasteiger partial charge in [0.2, 0.25) is 0 Å². The minimum Gasteiger partial charge on any atom is -0.481 e. The minimum absolute atomic E-state index is 0.283. The van der Waals surface area contributed by atoms with Gasteiger partial charge in [0.05, 0.1) is 21.4 Å². The molecule has 0 saturated carbocycles. The number of ether oxygens (including phenoxy) is 1. The van der Waals surface area contributed by atoms with E-state index in [1.165, 1.54) is 11.0 Å². The third-order valence-corrected chi connectivity index (χ3v) is 4.14. The molecule has 0 aliphatic heterocycles. The first-order valence-corrected chi connectivity index (χ1v) is 8.05. The molecule has 1 atom stereocenters. The van der Waals surface area contributed by atoms with Crippen LogP contribution in [-0.4, -0.2) is 32.2 Å². The molecule has 0 saturated heterocycles. The quantitative estimate of drug-likeness (QED) is 0.736. The van der Waals surface area contributed by atoms with E-state index in [9.17, 15) is 4.79 Å². The van der Waals surface area contributed by atoms with Crippen molar-refractivity contribution in [2.24, 2.45) is 0 Å². The average Bonchev–Trinajstić information content (AvgIpc) is 3.14. The number of hydrogen-bond donors (Lipinski definition) is 1. The van der Waals surface area contributed by atoms with Crippen LogP contribution in [0.4, 0.5) is 5.69 Å². The summed E-state index contributed by atoms with van der Waals surface area (Å²) in [6, 6.07) is 12.1. The van der Waals surface area contributed by atoms with Crippen LogP contribution in [-0.2, 0) is 4.79 Å². The maximum atomic E-state index is 12.3. The Balaban J connectivity index is 1.69.